The SMILES string of the molecule is O=C(N/C=C/c1cccc(Br)c1)Nc1cc(S(=O)(=O)N2CCOCC2)ccc1Cl. The normalized spacial score (nSPS) is 15.4. The van der Waals surface area contributed by atoms with Crippen LogP contribution in [0.2, 0.25) is 5.02 Å². The van der Waals surface area contributed by atoms with Gasteiger partial charge in [-0.25, -0.2) is 13.2 Å². The highest BCUT2D eigenvalue weighted by atomic mass is 79.9. The van der Waals surface area contributed by atoms with Crippen molar-refractivity contribution in [3.63, 3.8) is 0 Å². The molecule has 2 aromatic carbocycles. The van der Waals surface area contributed by atoms with E-state index in [1.165, 1.54) is 28.7 Å². The first-order chi connectivity index (χ1) is 13.9. The number of amides is 2. The molecule has 0 unspecified atom stereocenters. The number of ether oxygens (including phenoxy) is 1. The lowest BCUT2D eigenvalue weighted by Gasteiger charge is -2.26. The largest absolute Gasteiger partial charge is 0.379 e. The monoisotopic (exact) mass is 499 g/mol. The van der Waals surface area contributed by atoms with Crippen LogP contribution in [-0.2, 0) is 14.8 Å². The topological polar surface area (TPSA) is 87.7 Å². The van der Waals surface area contributed by atoms with Crippen molar-refractivity contribution in [2.24, 2.45) is 0 Å². The average molecular weight is 501 g/mol. The van der Waals surface area contributed by atoms with Crippen LogP contribution < -0.4 is 10.6 Å². The highest BCUT2D eigenvalue weighted by molar-refractivity contribution is 9.10. The van der Waals surface area contributed by atoms with Crippen molar-refractivity contribution in [2.75, 3.05) is 31.6 Å². The van der Waals surface area contributed by atoms with Crippen molar-refractivity contribution < 1.29 is 17.9 Å². The van der Waals surface area contributed by atoms with Gasteiger partial charge in [0.25, 0.3) is 0 Å². The summed E-state index contributed by atoms with van der Waals surface area (Å²) in [4.78, 5) is 12.2. The number of anilines is 1. The van der Waals surface area contributed by atoms with Gasteiger partial charge in [-0.3, -0.25) is 0 Å². The van der Waals surface area contributed by atoms with E-state index >= 15 is 0 Å². The molecule has 3 rings (SSSR count). The van der Waals surface area contributed by atoms with Gasteiger partial charge >= 0.3 is 6.03 Å². The number of hydrogen-bond donors (Lipinski definition) is 2. The lowest BCUT2D eigenvalue weighted by atomic mass is 10.2. The fourth-order valence-electron chi connectivity index (χ4n) is 2.68. The second-order valence-corrected chi connectivity index (χ2v) is 9.41. The van der Waals surface area contributed by atoms with Crippen molar-refractivity contribution in [2.45, 2.75) is 4.90 Å². The Morgan fingerprint density at radius 3 is 2.66 bits per heavy atom. The molecule has 1 saturated heterocycles. The third kappa shape index (κ3) is 5.80. The average Bonchev–Trinajstić information content (AvgIpc) is 2.70. The number of benzene rings is 2. The molecule has 1 aliphatic heterocycles. The van der Waals surface area contributed by atoms with Crippen LogP contribution in [0.3, 0.4) is 0 Å². The summed E-state index contributed by atoms with van der Waals surface area (Å²) in [5, 5.41) is 5.37. The van der Waals surface area contributed by atoms with Crippen molar-refractivity contribution >= 4 is 55.3 Å². The van der Waals surface area contributed by atoms with Crippen LogP contribution in [0.25, 0.3) is 6.08 Å². The Bertz CT molecular complexity index is 1020. The highest BCUT2D eigenvalue weighted by Crippen LogP contribution is 2.27. The molecule has 0 atom stereocenters. The molecule has 0 aromatic heterocycles. The standard InChI is InChI=1S/C19H19BrClN3O4S/c20-15-3-1-2-14(12-15)6-7-22-19(25)23-18-13-16(4-5-17(18)21)29(26,27)24-8-10-28-11-9-24/h1-7,12-13H,8-11H2,(H2,22,23,25)/b7-6+. The molecule has 0 radical (unpaired) electrons. The number of urea groups is 1. The third-order valence-corrected chi connectivity index (χ3v) is 6.85. The third-order valence-electron chi connectivity index (χ3n) is 4.13. The summed E-state index contributed by atoms with van der Waals surface area (Å²) >= 11 is 9.51. The van der Waals surface area contributed by atoms with Crippen molar-refractivity contribution in [1.82, 2.24) is 9.62 Å². The Morgan fingerprint density at radius 1 is 1.17 bits per heavy atom. The van der Waals surface area contributed by atoms with Crippen molar-refractivity contribution in [1.29, 1.82) is 0 Å². The molecule has 0 saturated carbocycles. The summed E-state index contributed by atoms with van der Waals surface area (Å²) in [6, 6.07) is 11.2. The Balaban J connectivity index is 1.68. The number of carbonyl (C=O) groups excluding carboxylic acids is 1. The molecule has 1 fully saturated rings. The molecule has 29 heavy (non-hydrogen) atoms. The van der Waals surface area contributed by atoms with Crippen molar-refractivity contribution in [3.05, 3.63) is 63.7 Å². The second kappa shape index (κ2) is 9.73. The Morgan fingerprint density at radius 2 is 1.93 bits per heavy atom. The van der Waals surface area contributed by atoms with Crippen LogP contribution in [0.1, 0.15) is 5.56 Å². The van der Waals surface area contributed by atoms with Crippen LogP contribution >= 0.6 is 27.5 Å². The van der Waals surface area contributed by atoms with Gasteiger partial charge in [0.2, 0.25) is 10.0 Å². The zero-order chi connectivity index (χ0) is 20.9. The van der Waals surface area contributed by atoms with Gasteiger partial charge in [-0.05, 0) is 42.0 Å². The van der Waals surface area contributed by atoms with Gasteiger partial charge in [0.1, 0.15) is 0 Å². The lowest BCUT2D eigenvalue weighted by Crippen LogP contribution is -2.40. The number of morpholine rings is 1. The van der Waals surface area contributed by atoms with Gasteiger partial charge in [-0.2, -0.15) is 4.31 Å². The summed E-state index contributed by atoms with van der Waals surface area (Å²) in [7, 11) is -3.69. The molecular formula is C19H19BrClN3O4S. The van der Waals surface area contributed by atoms with E-state index in [-0.39, 0.29) is 28.7 Å². The minimum Gasteiger partial charge on any atom is -0.379 e. The maximum absolute atomic E-state index is 12.8. The summed E-state index contributed by atoms with van der Waals surface area (Å²) in [6.07, 6.45) is 3.21. The zero-order valence-electron chi connectivity index (χ0n) is 15.3. The van der Waals surface area contributed by atoms with Gasteiger partial charge in [0.05, 0.1) is 28.8 Å². The first-order valence-corrected chi connectivity index (χ1v) is 11.3. The predicted molar refractivity (Wildman–Crippen MR) is 116 cm³/mol. The molecule has 1 heterocycles. The first-order valence-electron chi connectivity index (χ1n) is 8.73. The summed E-state index contributed by atoms with van der Waals surface area (Å²) in [6.45, 7) is 1.28. The maximum Gasteiger partial charge on any atom is 0.323 e. The summed E-state index contributed by atoms with van der Waals surface area (Å²) < 4.78 is 33.0. The minimum absolute atomic E-state index is 0.0591. The molecular weight excluding hydrogens is 482 g/mol. The Hall–Kier alpha value is -1.91. The van der Waals surface area contributed by atoms with Crippen LogP contribution in [0.4, 0.5) is 10.5 Å². The molecule has 154 valence electrons. The van der Waals surface area contributed by atoms with Gasteiger partial charge in [-0.15, -0.1) is 0 Å². The molecule has 2 N–H and O–H groups in total. The number of sulfonamides is 1. The Labute approximate surface area is 182 Å². The molecule has 2 amide bonds. The molecule has 2 aromatic rings. The van der Waals surface area contributed by atoms with Gasteiger partial charge < -0.3 is 15.4 Å². The van der Waals surface area contributed by atoms with E-state index in [2.05, 4.69) is 26.6 Å². The molecule has 10 heteroatoms. The number of rotatable bonds is 5. The summed E-state index contributed by atoms with van der Waals surface area (Å²) in [5.41, 5.74) is 1.10. The fourth-order valence-corrected chi connectivity index (χ4v) is 4.70. The van der Waals surface area contributed by atoms with Gasteiger partial charge in [-0.1, -0.05) is 39.7 Å². The van der Waals surface area contributed by atoms with Crippen LogP contribution in [0.5, 0.6) is 0 Å². The second-order valence-electron chi connectivity index (χ2n) is 6.14. The summed E-state index contributed by atoms with van der Waals surface area (Å²) in [5.74, 6) is 0. The maximum atomic E-state index is 12.8. The Kier molecular flexibility index (Phi) is 7.31. The first kappa shape index (κ1) is 21.8. The number of nitrogens with one attached hydrogen (secondary N) is 2. The minimum atomic E-state index is -3.69. The van der Waals surface area contributed by atoms with Crippen LogP contribution in [-0.4, -0.2) is 45.1 Å². The van der Waals surface area contributed by atoms with Gasteiger partial charge in [0.15, 0.2) is 0 Å². The molecule has 1 aliphatic rings. The van der Waals surface area contributed by atoms with Crippen LogP contribution in [0, 0.1) is 0 Å². The number of nitrogens with zero attached hydrogens (tertiary/aromatic N) is 1. The van der Waals surface area contributed by atoms with Crippen LogP contribution in [0.15, 0.2) is 58.0 Å². The predicted octanol–water partition coefficient (Wildman–Crippen LogP) is 3.92. The fraction of sp³-hybridized carbons (Fsp3) is 0.211. The van der Waals surface area contributed by atoms with E-state index in [1.807, 2.05) is 24.3 Å². The number of halogens is 2. The quantitative estimate of drug-likeness (QED) is 0.651. The van der Waals surface area contributed by atoms with E-state index in [9.17, 15) is 13.2 Å². The van der Waals surface area contributed by atoms with E-state index < -0.39 is 16.1 Å². The number of hydrogen-bond acceptors (Lipinski definition) is 4. The molecule has 0 bridgehead atoms. The van der Waals surface area contributed by atoms with E-state index in [1.54, 1.807) is 6.08 Å². The van der Waals surface area contributed by atoms with E-state index in [0.29, 0.717) is 13.2 Å². The van der Waals surface area contributed by atoms with Gasteiger partial charge in [0, 0.05) is 23.8 Å². The molecule has 0 aliphatic carbocycles. The zero-order valence-corrected chi connectivity index (χ0v) is 18.4. The van der Waals surface area contributed by atoms with Crippen molar-refractivity contribution in [3.8, 4) is 0 Å². The highest BCUT2D eigenvalue weighted by Gasteiger charge is 2.27. The van der Waals surface area contributed by atoms with E-state index in [4.69, 9.17) is 16.3 Å². The molecule has 7 nitrogen and oxygen atoms in total. The van der Waals surface area contributed by atoms with E-state index in [0.717, 1.165) is 10.0 Å². The smallest absolute Gasteiger partial charge is 0.323 e. The number of carbonyl (C=O) groups is 1. The molecule has 0 spiro atoms. The lowest BCUT2D eigenvalue weighted by molar-refractivity contribution is 0.0730.